The molecule has 0 radical (unpaired) electrons. The lowest BCUT2D eigenvalue weighted by molar-refractivity contribution is 0.175. The molecular weight excluding hydrogens is 200 g/mol. The monoisotopic (exact) mass is 208 g/mol. The number of rotatable bonds is 1. The third kappa shape index (κ3) is 1.71. The lowest BCUT2D eigenvalue weighted by Crippen LogP contribution is -2.42. The van der Waals surface area contributed by atoms with E-state index in [9.17, 15) is 17.6 Å². The van der Waals surface area contributed by atoms with Crippen molar-refractivity contribution in [3.8, 4) is 0 Å². The Hall–Kier alpha value is -1.14. The third-order valence-electron chi connectivity index (χ3n) is 1.80. The highest BCUT2D eigenvalue weighted by molar-refractivity contribution is 5.30. The van der Waals surface area contributed by atoms with Crippen LogP contribution in [-0.2, 0) is 5.92 Å². The average molecular weight is 208 g/mol. The highest BCUT2D eigenvalue weighted by atomic mass is 19.2. The van der Waals surface area contributed by atoms with Crippen molar-refractivity contribution in [2.24, 2.45) is 11.5 Å². The minimum absolute atomic E-state index is 0.438. The van der Waals surface area contributed by atoms with Gasteiger partial charge in [-0.3, -0.25) is 11.5 Å². The molecule has 0 unspecified atom stereocenters. The summed E-state index contributed by atoms with van der Waals surface area (Å²) in [6, 6.07) is 0.438. The quantitative estimate of drug-likeness (QED) is 0.317. The van der Waals surface area contributed by atoms with Crippen LogP contribution in [0.15, 0.2) is 6.07 Å². The average Bonchev–Trinajstić information content (AvgIpc) is 2.06. The molecule has 2 nitrogen and oxygen atoms in total. The molecule has 0 aliphatic rings. The first-order chi connectivity index (χ1) is 6.25. The van der Waals surface area contributed by atoms with Crippen LogP contribution in [0.5, 0.6) is 0 Å². The van der Waals surface area contributed by atoms with Crippen LogP contribution in [-0.4, -0.2) is 0 Å². The Bertz CT molecular complexity index is 371. The summed E-state index contributed by atoms with van der Waals surface area (Å²) in [5.74, 6) is -7.26. The Morgan fingerprint density at radius 3 is 2.07 bits per heavy atom. The summed E-state index contributed by atoms with van der Waals surface area (Å²) < 4.78 is 51.6. The van der Waals surface area contributed by atoms with Crippen LogP contribution in [0.25, 0.3) is 0 Å². The maximum Gasteiger partial charge on any atom is 0.240 e. The predicted molar refractivity (Wildman–Crippen MR) is 42.2 cm³/mol. The van der Waals surface area contributed by atoms with E-state index in [1.165, 1.54) is 0 Å². The number of benzene rings is 1. The molecule has 0 saturated heterocycles. The fourth-order valence-corrected chi connectivity index (χ4v) is 0.965. The molecule has 0 aromatic heterocycles. The number of hydrogen-bond acceptors (Lipinski definition) is 2. The van der Waals surface area contributed by atoms with Gasteiger partial charge in [0.2, 0.25) is 5.92 Å². The lowest BCUT2D eigenvalue weighted by atomic mass is 10.1. The first kappa shape index (κ1) is 10.9. The number of halogens is 4. The summed E-state index contributed by atoms with van der Waals surface area (Å²) in [5, 5.41) is 0. The molecule has 1 rings (SSSR count). The van der Waals surface area contributed by atoms with Crippen molar-refractivity contribution in [1.29, 1.82) is 0 Å². The Kier molecular flexibility index (Phi) is 2.51. The molecule has 6 heteroatoms. The Balaban J connectivity index is 3.49. The third-order valence-corrected chi connectivity index (χ3v) is 1.80. The summed E-state index contributed by atoms with van der Waals surface area (Å²) in [7, 11) is 0. The first-order valence-corrected chi connectivity index (χ1v) is 3.66. The Morgan fingerprint density at radius 2 is 1.64 bits per heavy atom. The van der Waals surface area contributed by atoms with Crippen molar-refractivity contribution in [3.63, 3.8) is 0 Å². The zero-order chi connectivity index (χ0) is 11.1. The molecule has 0 bridgehead atoms. The summed E-state index contributed by atoms with van der Waals surface area (Å²) >= 11 is 0. The van der Waals surface area contributed by atoms with E-state index in [0.717, 1.165) is 6.92 Å². The topological polar surface area (TPSA) is 52.0 Å². The van der Waals surface area contributed by atoms with E-state index in [0.29, 0.717) is 6.07 Å². The maximum atomic E-state index is 13.0. The SMILES string of the molecule is Cc1c(F)cc(C(N)(N)F)c(F)c1F. The van der Waals surface area contributed by atoms with Crippen LogP contribution in [0.2, 0.25) is 0 Å². The summed E-state index contributed by atoms with van der Waals surface area (Å²) in [4.78, 5) is 0. The summed E-state index contributed by atoms with van der Waals surface area (Å²) in [6.07, 6.45) is 0. The lowest BCUT2D eigenvalue weighted by Gasteiger charge is -2.16. The first-order valence-electron chi connectivity index (χ1n) is 3.66. The van der Waals surface area contributed by atoms with Gasteiger partial charge in [0.25, 0.3) is 0 Å². The van der Waals surface area contributed by atoms with E-state index >= 15 is 0 Å². The van der Waals surface area contributed by atoms with Gasteiger partial charge < -0.3 is 0 Å². The molecule has 78 valence electrons. The van der Waals surface area contributed by atoms with Crippen LogP contribution in [0, 0.1) is 24.4 Å². The zero-order valence-corrected chi connectivity index (χ0v) is 7.24. The number of alkyl halides is 1. The van der Waals surface area contributed by atoms with Crippen LogP contribution in [0.3, 0.4) is 0 Å². The van der Waals surface area contributed by atoms with Crippen LogP contribution >= 0.6 is 0 Å². The molecule has 0 aliphatic carbocycles. The molecule has 0 fully saturated rings. The van der Waals surface area contributed by atoms with Gasteiger partial charge >= 0.3 is 0 Å². The Morgan fingerprint density at radius 1 is 1.14 bits per heavy atom. The van der Waals surface area contributed by atoms with Gasteiger partial charge in [-0.05, 0) is 13.0 Å². The fourth-order valence-electron chi connectivity index (χ4n) is 0.965. The van der Waals surface area contributed by atoms with Crippen molar-refractivity contribution in [3.05, 3.63) is 34.6 Å². The molecule has 0 amide bonds. The van der Waals surface area contributed by atoms with Gasteiger partial charge in [-0.15, -0.1) is 0 Å². The van der Waals surface area contributed by atoms with Crippen molar-refractivity contribution < 1.29 is 17.6 Å². The fraction of sp³-hybridized carbons (Fsp3) is 0.250. The molecule has 1 aromatic rings. The van der Waals surface area contributed by atoms with Gasteiger partial charge in [0.05, 0.1) is 5.56 Å². The molecule has 0 aliphatic heterocycles. The van der Waals surface area contributed by atoms with E-state index < -0.39 is 34.5 Å². The summed E-state index contributed by atoms with van der Waals surface area (Å²) in [5.41, 5.74) is 7.78. The van der Waals surface area contributed by atoms with E-state index in [4.69, 9.17) is 0 Å². The van der Waals surface area contributed by atoms with E-state index in [2.05, 4.69) is 11.5 Å². The second kappa shape index (κ2) is 3.21. The molecular formula is C8H8F4N2. The number of hydrogen-bond donors (Lipinski definition) is 2. The van der Waals surface area contributed by atoms with Gasteiger partial charge in [0, 0.05) is 5.56 Å². The molecule has 0 saturated carbocycles. The highest BCUT2D eigenvalue weighted by Crippen LogP contribution is 2.24. The van der Waals surface area contributed by atoms with Gasteiger partial charge in [-0.25, -0.2) is 17.6 Å². The van der Waals surface area contributed by atoms with Gasteiger partial charge in [0.1, 0.15) is 5.82 Å². The second-order valence-electron chi connectivity index (χ2n) is 2.93. The predicted octanol–water partition coefficient (Wildman–Crippen LogP) is 1.41. The molecule has 0 spiro atoms. The zero-order valence-electron chi connectivity index (χ0n) is 7.24. The van der Waals surface area contributed by atoms with E-state index in [1.807, 2.05) is 0 Å². The van der Waals surface area contributed by atoms with Gasteiger partial charge in [-0.1, -0.05) is 0 Å². The summed E-state index contributed by atoms with van der Waals surface area (Å²) in [6.45, 7) is 1.02. The standard InChI is InChI=1S/C8H8F4N2/c1-3-5(9)2-4(8(12,13)14)7(11)6(3)10/h2H,13-14H2,1H3. The van der Waals surface area contributed by atoms with Crippen molar-refractivity contribution >= 4 is 0 Å². The Labute approximate surface area is 77.5 Å². The van der Waals surface area contributed by atoms with E-state index in [1.54, 1.807) is 0 Å². The maximum absolute atomic E-state index is 13.0. The second-order valence-corrected chi connectivity index (χ2v) is 2.93. The minimum atomic E-state index is -3.10. The van der Waals surface area contributed by atoms with Crippen LogP contribution in [0.4, 0.5) is 17.6 Å². The van der Waals surface area contributed by atoms with Gasteiger partial charge in [-0.2, -0.15) is 0 Å². The smallest absolute Gasteiger partial charge is 0.240 e. The minimum Gasteiger partial charge on any atom is -0.283 e. The molecule has 0 atom stereocenters. The molecule has 14 heavy (non-hydrogen) atoms. The normalized spacial score (nSPS) is 11.9. The molecule has 1 aromatic carbocycles. The van der Waals surface area contributed by atoms with Crippen LogP contribution < -0.4 is 11.5 Å². The van der Waals surface area contributed by atoms with E-state index in [-0.39, 0.29) is 0 Å². The van der Waals surface area contributed by atoms with Crippen molar-refractivity contribution in [2.45, 2.75) is 12.8 Å². The van der Waals surface area contributed by atoms with Crippen LogP contribution in [0.1, 0.15) is 11.1 Å². The highest BCUT2D eigenvalue weighted by Gasteiger charge is 2.29. The van der Waals surface area contributed by atoms with Gasteiger partial charge in [0.15, 0.2) is 11.6 Å². The molecule has 4 N–H and O–H groups in total. The molecule has 0 heterocycles. The van der Waals surface area contributed by atoms with Crippen molar-refractivity contribution in [1.82, 2.24) is 0 Å². The number of nitrogens with two attached hydrogens (primary N) is 2. The largest absolute Gasteiger partial charge is 0.283 e. The van der Waals surface area contributed by atoms with Crippen molar-refractivity contribution in [2.75, 3.05) is 0 Å².